The Bertz CT molecular complexity index is 1420. The standard InChI is InChI=1S/C24H15ClFN5O2.CH4/c25-14-5-7-16-18(9-14)22(17-3-1-2-4-19(17)26)28-10-13-11-29-24(31-21(13)16)30-15-6-8-20(23(32)33)27-12-15;/h1-9,11-12H,10H2,(H,32,33)(H,29,30,31);1H4. The van der Waals surface area contributed by atoms with Crippen molar-refractivity contribution in [2.45, 2.75) is 14.0 Å². The fourth-order valence-corrected chi connectivity index (χ4v) is 3.76. The third kappa shape index (κ3) is 4.35. The zero-order valence-corrected chi connectivity index (χ0v) is 17.7. The molecule has 0 aliphatic carbocycles. The predicted molar refractivity (Wildman–Crippen MR) is 129 cm³/mol. The minimum atomic E-state index is -1.11. The quantitative estimate of drug-likeness (QED) is 0.389. The first-order valence-corrected chi connectivity index (χ1v) is 10.3. The Morgan fingerprint density at radius 2 is 1.82 bits per heavy atom. The summed E-state index contributed by atoms with van der Waals surface area (Å²) in [7, 11) is 0. The molecule has 5 rings (SSSR count). The highest BCUT2D eigenvalue weighted by molar-refractivity contribution is 6.31. The lowest BCUT2D eigenvalue weighted by Crippen LogP contribution is -2.07. The smallest absolute Gasteiger partial charge is 0.354 e. The summed E-state index contributed by atoms with van der Waals surface area (Å²) in [5, 5.41) is 12.5. The van der Waals surface area contributed by atoms with E-state index in [1.807, 2.05) is 6.07 Å². The van der Waals surface area contributed by atoms with Crippen LogP contribution in [0.3, 0.4) is 0 Å². The number of benzene rings is 2. The van der Waals surface area contributed by atoms with Crippen LogP contribution in [0.4, 0.5) is 16.0 Å². The van der Waals surface area contributed by atoms with Gasteiger partial charge in [-0.05, 0) is 36.4 Å². The van der Waals surface area contributed by atoms with Gasteiger partial charge in [-0.1, -0.05) is 37.2 Å². The molecule has 0 amide bonds. The maximum atomic E-state index is 14.6. The molecule has 2 aromatic heterocycles. The SMILES string of the molecule is C.O=C(O)c1ccc(Nc2ncc3c(n2)-c2ccc(Cl)cc2C(c2ccccc2F)=NC3)cn1. The van der Waals surface area contributed by atoms with Crippen LogP contribution in [0.2, 0.25) is 5.02 Å². The lowest BCUT2D eigenvalue weighted by Gasteiger charge is -2.13. The van der Waals surface area contributed by atoms with E-state index < -0.39 is 5.97 Å². The normalized spacial score (nSPS) is 11.9. The first-order chi connectivity index (χ1) is 16.0. The fraction of sp³-hybridized carbons (Fsp3) is 0.0800. The molecule has 0 saturated carbocycles. The van der Waals surface area contributed by atoms with E-state index in [9.17, 15) is 9.18 Å². The summed E-state index contributed by atoms with van der Waals surface area (Å²) in [6.07, 6.45) is 3.06. The number of fused-ring (bicyclic) bond motifs is 3. The summed E-state index contributed by atoms with van der Waals surface area (Å²) in [6.45, 7) is 0.264. The van der Waals surface area contributed by atoms with Crippen LogP contribution in [0.5, 0.6) is 0 Å². The number of rotatable bonds is 4. The van der Waals surface area contributed by atoms with Gasteiger partial charge in [-0.15, -0.1) is 0 Å². The Kier molecular flexibility index (Phi) is 6.34. The molecule has 3 heterocycles. The van der Waals surface area contributed by atoms with E-state index in [1.165, 1.54) is 18.3 Å². The number of aliphatic imine (C=N–C) groups is 1. The molecule has 1 aliphatic rings. The summed E-state index contributed by atoms with van der Waals surface area (Å²) in [6, 6.07) is 14.8. The average Bonchev–Trinajstić information content (AvgIpc) is 2.96. The molecule has 9 heteroatoms. The van der Waals surface area contributed by atoms with Crippen LogP contribution in [0.25, 0.3) is 11.3 Å². The second-order valence-corrected chi connectivity index (χ2v) is 7.70. The van der Waals surface area contributed by atoms with Crippen LogP contribution in [-0.2, 0) is 6.54 Å². The van der Waals surface area contributed by atoms with Crippen LogP contribution in [-0.4, -0.2) is 31.7 Å². The number of hydrogen-bond acceptors (Lipinski definition) is 6. The number of halogens is 2. The Labute approximate surface area is 200 Å². The zero-order valence-electron chi connectivity index (χ0n) is 17.0. The van der Waals surface area contributed by atoms with Crippen LogP contribution in [0.15, 0.2) is 72.0 Å². The third-order valence-corrected chi connectivity index (χ3v) is 5.37. The average molecular weight is 476 g/mol. The van der Waals surface area contributed by atoms with Crippen LogP contribution in [0.1, 0.15) is 34.6 Å². The number of pyridine rings is 1. The van der Waals surface area contributed by atoms with Crippen molar-refractivity contribution in [1.29, 1.82) is 0 Å². The summed E-state index contributed by atoms with van der Waals surface area (Å²) in [5.74, 6) is -1.18. The molecule has 0 bridgehead atoms. The minimum absolute atomic E-state index is 0. The highest BCUT2D eigenvalue weighted by Crippen LogP contribution is 2.34. The molecular formula is C25H19ClFN5O2. The molecule has 2 aromatic carbocycles. The highest BCUT2D eigenvalue weighted by atomic mass is 35.5. The molecule has 2 N–H and O–H groups in total. The number of nitrogens with one attached hydrogen (secondary N) is 1. The van der Waals surface area contributed by atoms with E-state index >= 15 is 0 Å². The molecule has 0 spiro atoms. The van der Waals surface area contributed by atoms with Gasteiger partial charge in [0.25, 0.3) is 0 Å². The van der Waals surface area contributed by atoms with Gasteiger partial charge >= 0.3 is 5.97 Å². The van der Waals surface area contributed by atoms with E-state index in [0.29, 0.717) is 39.2 Å². The first kappa shape index (κ1) is 23.0. The Balaban J connectivity index is 0.00000274. The molecule has 0 radical (unpaired) electrons. The molecular weight excluding hydrogens is 457 g/mol. The first-order valence-electron chi connectivity index (χ1n) is 9.91. The minimum Gasteiger partial charge on any atom is -0.477 e. The summed E-state index contributed by atoms with van der Waals surface area (Å²) >= 11 is 6.28. The van der Waals surface area contributed by atoms with Crippen LogP contribution < -0.4 is 5.32 Å². The lowest BCUT2D eigenvalue weighted by molar-refractivity contribution is 0.0690. The van der Waals surface area contributed by atoms with Crippen molar-refractivity contribution in [3.8, 4) is 11.3 Å². The Morgan fingerprint density at radius 3 is 2.56 bits per heavy atom. The number of carboxylic acid groups (broad SMARTS) is 1. The Hall–Kier alpha value is -4.17. The lowest BCUT2D eigenvalue weighted by atomic mass is 9.95. The maximum absolute atomic E-state index is 14.6. The molecule has 1 aliphatic heterocycles. The molecule has 4 aromatic rings. The van der Waals surface area contributed by atoms with Gasteiger partial charge in [-0.25, -0.2) is 24.1 Å². The van der Waals surface area contributed by atoms with Crippen LogP contribution in [0, 0.1) is 5.82 Å². The van der Waals surface area contributed by atoms with Crippen molar-refractivity contribution < 1.29 is 14.3 Å². The number of hydrogen-bond donors (Lipinski definition) is 2. The van der Waals surface area contributed by atoms with Crippen LogP contribution >= 0.6 is 11.6 Å². The molecule has 0 atom stereocenters. The molecule has 0 fully saturated rings. The number of nitrogens with zero attached hydrogens (tertiary/aromatic N) is 4. The maximum Gasteiger partial charge on any atom is 0.354 e. The van der Waals surface area contributed by atoms with E-state index in [-0.39, 0.29) is 25.5 Å². The summed E-state index contributed by atoms with van der Waals surface area (Å²) in [5.41, 5.74) is 4.18. The highest BCUT2D eigenvalue weighted by Gasteiger charge is 2.23. The third-order valence-electron chi connectivity index (χ3n) is 5.13. The van der Waals surface area contributed by atoms with Crippen molar-refractivity contribution in [3.05, 3.63) is 100 Å². The van der Waals surface area contributed by atoms with Crippen molar-refractivity contribution in [1.82, 2.24) is 15.0 Å². The number of aromatic carboxylic acids is 1. The van der Waals surface area contributed by atoms with Gasteiger partial charge in [0.15, 0.2) is 0 Å². The number of carboxylic acids is 1. The zero-order chi connectivity index (χ0) is 22.9. The molecule has 170 valence electrons. The molecule has 34 heavy (non-hydrogen) atoms. The molecule has 7 nitrogen and oxygen atoms in total. The fourth-order valence-electron chi connectivity index (χ4n) is 3.59. The van der Waals surface area contributed by atoms with Gasteiger partial charge < -0.3 is 10.4 Å². The summed E-state index contributed by atoms with van der Waals surface area (Å²) in [4.78, 5) is 28.6. The summed E-state index contributed by atoms with van der Waals surface area (Å²) < 4.78 is 14.6. The van der Waals surface area contributed by atoms with E-state index in [1.54, 1.807) is 42.6 Å². The van der Waals surface area contributed by atoms with Crippen molar-refractivity contribution in [2.24, 2.45) is 4.99 Å². The van der Waals surface area contributed by atoms with E-state index in [2.05, 4.69) is 25.3 Å². The topological polar surface area (TPSA) is 100 Å². The van der Waals surface area contributed by atoms with E-state index in [4.69, 9.17) is 16.7 Å². The van der Waals surface area contributed by atoms with Crippen molar-refractivity contribution in [3.63, 3.8) is 0 Å². The monoisotopic (exact) mass is 475 g/mol. The van der Waals surface area contributed by atoms with Gasteiger partial charge in [-0.2, -0.15) is 0 Å². The Morgan fingerprint density at radius 1 is 1.00 bits per heavy atom. The predicted octanol–water partition coefficient (Wildman–Crippen LogP) is 5.76. The molecule has 0 saturated heterocycles. The second kappa shape index (κ2) is 9.36. The van der Waals surface area contributed by atoms with Gasteiger partial charge in [-0.3, -0.25) is 4.99 Å². The number of aromatic nitrogens is 3. The van der Waals surface area contributed by atoms with Gasteiger partial charge in [0, 0.05) is 33.5 Å². The van der Waals surface area contributed by atoms with Gasteiger partial charge in [0.1, 0.15) is 11.5 Å². The van der Waals surface area contributed by atoms with Crippen molar-refractivity contribution >= 4 is 34.9 Å². The van der Waals surface area contributed by atoms with Gasteiger partial charge in [0.2, 0.25) is 5.95 Å². The number of carbonyl (C=O) groups is 1. The molecule has 0 unspecified atom stereocenters. The van der Waals surface area contributed by atoms with Gasteiger partial charge in [0.05, 0.1) is 29.8 Å². The van der Waals surface area contributed by atoms with E-state index in [0.717, 1.165) is 11.1 Å². The van der Waals surface area contributed by atoms with Crippen molar-refractivity contribution in [2.75, 3.05) is 5.32 Å². The second-order valence-electron chi connectivity index (χ2n) is 7.26. The number of anilines is 2. The largest absolute Gasteiger partial charge is 0.477 e.